The van der Waals surface area contributed by atoms with E-state index in [2.05, 4.69) is 26.6 Å². The van der Waals surface area contributed by atoms with Gasteiger partial charge in [0.15, 0.2) is 17.5 Å². The van der Waals surface area contributed by atoms with Gasteiger partial charge in [0.25, 0.3) is 0 Å². The van der Waals surface area contributed by atoms with Crippen LogP contribution >= 0.6 is 24.0 Å². The number of benzene rings is 1. The summed E-state index contributed by atoms with van der Waals surface area (Å²) < 4.78 is 11.5. The van der Waals surface area contributed by atoms with Crippen molar-refractivity contribution in [3.63, 3.8) is 0 Å². The van der Waals surface area contributed by atoms with Gasteiger partial charge in [-0.1, -0.05) is 6.07 Å². The number of ether oxygens (including phenoxy) is 2. The molecule has 2 aliphatic heterocycles. The average Bonchev–Trinajstić information content (AvgIpc) is 2.94. The molecule has 1 saturated heterocycles. The first-order valence-corrected chi connectivity index (χ1v) is 9.74. The third kappa shape index (κ3) is 6.15. The van der Waals surface area contributed by atoms with E-state index in [9.17, 15) is 4.79 Å². The van der Waals surface area contributed by atoms with Crippen LogP contribution in [0.1, 0.15) is 31.2 Å². The van der Waals surface area contributed by atoms with E-state index in [-0.39, 0.29) is 29.9 Å². The van der Waals surface area contributed by atoms with Crippen LogP contribution in [0.5, 0.6) is 11.5 Å². The Bertz CT molecular complexity index is 675. The second kappa shape index (κ2) is 11.3. The first kappa shape index (κ1) is 22.6. The third-order valence-electron chi connectivity index (χ3n) is 5.14. The minimum atomic E-state index is 0. The summed E-state index contributed by atoms with van der Waals surface area (Å²) in [6, 6.07) is 6.07. The summed E-state index contributed by atoms with van der Waals surface area (Å²) in [6.07, 6.45) is 3.55. The van der Waals surface area contributed by atoms with Gasteiger partial charge in [-0.3, -0.25) is 9.79 Å². The van der Waals surface area contributed by atoms with Crippen molar-refractivity contribution < 1.29 is 14.3 Å². The molecule has 2 N–H and O–H groups in total. The highest BCUT2D eigenvalue weighted by atomic mass is 127. The van der Waals surface area contributed by atoms with Crippen molar-refractivity contribution in [2.24, 2.45) is 10.9 Å². The second-order valence-electron chi connectivity index (χ2n) is 7.04. The normalized spacial score (nSPS) is 17.4. The lowest BCUT2D eigenvalue weighted by Crippen LogP contribution is -2.45. The Kier molecular flexibility index (Phi) is 9.14. The number of carbonyl (C=O) groups is 1. The molecule has 1 fully saturated rings. The van der Waals surface area contributed by atoms with Crippen molar-refractivity contribution in [1.29, 1.82) is 0 Å². The molecule has 1 aromatic rings. The fourth-order valence-corrected chi connectivity index (χ4v) is 3.54. The van der Waals surface area contributed by atoms with E-state index in [1.165, 1.54) is 0 Å². The molecule has 1 aromatic carbocycles. The lowest BCUT2D eigenvalue weighted by atomic mass is 9.93. The number of aliphatic imine (C=N–C) groups is 1. The van der Waals surface area contributed by atoms with Gasteiger partial charge >= 0.3 is 0 Å². The van der Waals surface area contributed by atoms with Crippen molar-refractivity contribution in [3.05, 3.63) is 23.8 Å². The molecule has 0 atom stereocenters. The smallest absolute Gasteiger partial charge is 0.220 e. The maximum Gasteiger partial charge on any atom is 0.220 e. The Morgan fingerprint density at radius 2 is 1.93 bits per heavy atom. The molecule has 0 aromatic heterocycles. The molecule has 0 aliphatic carbocycles. The van der Waals surface area contributed by atoms with Crippen LogP contribution in [0.3, 0.4) is 0 Å². The van der Waals surface area contributed by atoms with Crippen molar-refractivity contribution in [2.45, 2.75) is 32.2 Å². The fraction of sp³-hybridized carbons (Fsp3) is 0.600. The first-order valence-electron chi connectivity index (χ1n) is 9.74. The second-order valence-corrected chi connectivity index (χ2v) is 7.04. The Morgan fingerprint density at radius 3 is 2.61 bits per heavy atom. The summed E-state index contributed by atoms with van der Waals surface area (Å²) in [4.78, 5) is 18.2. The Labute approximate surface area is 184 Å². The van der Waals surface area contributed by atoms with E-state index >= 15 is 0 Å². The summed E-state index contributed by atoms with van der Waals surface area (Å²) >= 11 is 0. The minimum Gasteiger partial charge on any atom is -0.490 e. The summed E-state index contributed by atoms with van der Waals surface area (Å²) in [5, 5.41) is 6.16. The van der Waals surface area contributed by atoms with Gasteiger partial charge in [-0.05, 0) is 36.5 Å². The highest BCUT2D eigenvalue weighted by molar-refractivity contribution is 14.0. The van der Waals surface area contributed by atoms with Crippen molar-refractivity contribution in [2.75, 3.05) is 40.4 Å². The van der Waals surface area contributed by atoms with Gasteiger partial charge in [-0.25, -0.2) is 0 Å². The molecule has 156 valence electrons. The zero-order valence-electron chi connectivity index (χ0n) is 16.7. The zero-order chi connectivity index (χ0) is 19.1. The number of rotatable bonds is 4. The largest absolute Gasteiger partial charge is 0.490 e. The molecule has 2 heterocycles. The van der Waals surface area contributed by atoms with Crippen LogP contribution in [0.25, 0.3) is 0 Å². The van der Waals surface area contributed by atoms with Crippen LogP contribution < -0.4 is 20.1 Å². The van der Waals surface area contributed by atoms with E-state index in [4.69, 9.17) is 9.47 Å². The number of fused-ring (bicyclic) bond motifs is 1. The molecule has 7 nitrogen and oxygen atoms in total. The maximum atomic E-state index is 11.6. The van der Waals surface area contributed by atoms with Crippen LogP contribution in [0.4, 0.5) is 0 Å². The monoisotopic (exact) mass is 502 g/mol. The van der Waals surface area contributed by atoms with E-state index < -0.39 is 0 Å². The van der Waals surface area contributed by atoms with Crippen LogP contribution in [0, 0.1) is 5.92 Å². The Hall–Kier alpha value is -1.71. The van der Waals surface area contributed by atoms with E-state index in [0.717, 1.165) is 55.4 Å². The quantitative estimate of drug-likeness (QED) is 0.376. The van der Waals surface area contributed by atoms with Gasteiger partial charge in [-0.15, -0.1) is 24.0 Å². The standard InChI is InChI=1S/C20H30N4O3.HI/c1-21-19(25)13-15-6-8-24(9-7-15)20(22-2)23-14-16-4-5-17-18(12-16)27-11-3-10-26-17;/h4-5,12,15H,3,6-11,13-14H2,1-2H3,(H,21,25)(H,22,23);1H. The Balaban J connectivity index is 0.00000280. The molecule has 1 amide bonds. The summed E-state index contributed by atoms with van der Waals surface area (Å²) in [6.45, 7) is 3.91. The lowest BCUT2D eigenvalue weighted by Gasteiger charge is -2.34. The third-order valence-corrected chi connectivity index (χ3v) is 5.14. The molecule has 0 radical (unpaired) electrons. The predicted octanol–water partition coefficient (Wildman–Crippen LogP) is 2.39. The van der Waals surface area contributed by atoms with Gasteiger partial charge in [0.05, 0.1) is 13.2 Å². The number of amides is 1. The SMILES string of the molecule is CN=C(NCc1ccc2c(c1)OCCCO2)N1CCC(CC(=O)NC)CC1.I. The van der Waals surface area contributed by atoms with E-state index in [1.54, 1.807) is 7.05 Å². The number of likely N-dealkylation sites (tertiary alicyclic amines) is 1. The van der Waals surface area contributed by atoms with E-state index in [1.807, 2.05) is 19.2 Å². The van der Waals surface area contributed by atoms with Crippen LogP contribution in [-0.2, 0) is 11.3 Å². The number of hydrogen-bond donors (Lipinski definition) is 2. The minimum absolute atomic E-state index is 0. The van der Waals surface area contributed by atoms with Gasteiger partial charge in [0.1, 0.15) is 0 Å². The first-order chi connectivity index (χ1) is 13.2. The van der Waals surface area contributed by atoms with Crippen LogP contribution in [0.15, 0.2) is 23.2 Å². The van der Waals surface area contributed by atoms with Gasteiger partial charge in [0.2, 0.25) is 5.91 Å². The molecule has 28 heavy (non-hydrogen) atoms. The molecule has 2 aliphatic rings. The summed E-state index contributed by atoms with van der Waals surface area (Å²) in [5.41, 5.74) is 1.13. The number of halogens is 1. The average molecular weight is 502 g/mol. The van der Waals surface area contributed by atoms with Crippen LogP contribution in [0.2, 0.25) is 0 Å². The maximum absolute atomic E-state index is 11.6. The zero-order valence-corrected chi connectivity index (χ0v) is 19.0. The topological polar surface area (TPSA) is 75.2 Å². The Morgan fingerprint density at radius 1 is 1.21 bits per heavy atom. The van der Waals surface area contributed by atoms with E-state index in [0.29, 0.717) is 32.1 Å². The van der Waals surface area contributed by atoms with Gasteiger partial charge in [0, 0.05) is 46.6 Å². The summed E-state index contributed by atoms with van der Waals surface area (Å²) in [5.74, 6) is 3.13. The molecule has 3 rings (SSSR count). The number of nitrogens with one attached hydrogen (secondary N) is 2. The molecule has 8 heteroatoms. The number of piperidine rings is 1. The predicted molar refractivity (Wildman–Crippen MR) is 121 cm³/mol. The lowest BCUT2D eigenvalue weighted by molar-refractivity contribution is -0.121. The number of carbonyl (C=O) groups excluding carboxylic acids is 1. The van der Waals surface area contributed by atoms with Gasteiger partial charge in [-0.2, -0.15) is 0 Å². The number of guanidine groups is 1. The highest BCUT2D eigenvalue weighted by Crippen LogP contribution is 2.30. The molecular formula is C20H31IN4O3. The van der Waals surface area contributed by atoms with Gasteiger partial charge < -0.3 is 25.0 Å². The molecule has 0 saturated carbocycles. The fourth-order valence-electron chi connectivity index (χ4n) is 3.54. The molecule has 0 bridgehead atoms. The molecular weight excluding hydrogens is 471 g/mol. The number of nitrogens with zero attached hydrogens (tertiary/aromatic N) is 2. The van der Waals surface area contributed by atoms with Crippen LogP contribution in [-0.4, -0.2) is 57.2 Å². The number of hydrogen-bond acceptors (Lipinski definition) is 4. The molecule has 0 unspecified atom stereocenters. The highest BCUT2D eigenvalue weighted by Gasteiger charge is 2.23. The van der Waals surface area contributed by atoms with Crippen molar-refractivity contribution in [1.82, 2.24) is 15.5 Å². The van der Waals surface area contributed by atoms with Crippen molar-refractivity contribution >= 4 is 35.8 Å². The molecule has 0 spiro atoms. The summed E-state index contributed by atoms with van der Waals surface area (Å²) in [7, 11) is 3.51. The van der Waals surface area contributed by atoms with Crippen molar-refractivity contribution in [3.8, 4) is 11.5 Å².